The highest BCUT2D eigenvalue weighted by molar-refractivity contribution is 5.94. The van der Waals surface area contributed by atoms with Crippen molar-refractivity contribution in [1.29, 1.82) is 0 Å². The Morgan fingerprint density at radius 1 is 0.844 bits per heavy atom. The Morgan fingerprint density at radius 2 is 1.47 bits per heavy atom. The van der Waals surface area contributed by atoms with Crippen LogP contribution >= 0.6 is 0 Å². The van der Waals surface area contributed by atoms with E-state index in [0.717, 1.165) is 27.8 Å². The van der Waals surface area contributed by atoms with Crippen molar-refractivity contribution in [2.24, 2.45) is 0 Å². The number of hydrogen-bond donors (Lipinski definition) is 3. The van der Waals surface area contributed by atoms with Gasteiger partial charge in [-0.15, -0.1) is 0 Å². The van der Waals surface area contributed by atoms with E-state index in [0.29, 0.717) is 32.1 Å². The summed E-state index contributed by atoms with van der Waals surface area (Å²) in [5.41, 5.74) is 5.29. The van der Waals surface area contributed by atoms with E-state index >= 15 is 0 Å². The van der Waals surface area contributed by atoms with Crippen LogP contribution in [0.25, 0.3) is 11.1 Å². The van der Waals surface area contributed by atoms with E-state index in [1.165, 1.54) is 18.7 Å². The number of ether oxygens (including phenoxy) is 1. The van der Waals surface area contributed by atoms with Crippen molar-refractivity contribution in [2.45, 2.75) is 63.2 Å². The quantitative estimate of drug-likeness (QED) is 0.285. The predicted molar refractivity (Wildman–Crippen MR) is 168 cm³/mol. The first kappa shape index (κ1) is 31.4. The van der Waals surface area contributed by atoms with Crippen LogP contribution in [0.3, 0.4) is 0 Å². The minimum atomic E-state index is -0.972. The topological polar surface area (TPSA) is 134 Å². The zero-order valence-electron chi connectivity index (χ0n) is 25.4. The lowest BCUT2D eigenvalue weighted by Gasteiger charge is -2.28. The van der Waals surface area contributed by atoms with Gasteiger partial charge in [-0.1, -0.05) is 78.9 Å². The second kappa shape index (κ2) is 14.2. The maximum atomic E-state index is 13.3. The predicted octanol–water partition coefficient (Wildman–Crippen LogP) is 3.34. The van der Waals surface area contributed by atoms with Gasteiger partial charge < -0.3 is 30.4 Å². The number of alkyl carbamates (subject to hydrolysis) is 1. The SMILES string of the molecule is C[C@H](NC(=O)OCC1c2ccccc2-c2ccccc21)C(=O)N[C@@H](C)C(=O)N1CCC[C@H]1C(=O)N[C@H](C=O)Cc1ccccc1. The van der Waals surface area contributed by atoms with Crippen molar-refractivity contribution in [2.75, 3.05) is 13.2 Å². The number of likely N-dealkylation sites (tertiary alicyclic amines) is 1. The molecule has 2 aliphatic rings. The average Bonchev–Trinajstić information content (AvgIpc) is 3.67. The zero-order chi connectivity index (χ0) is 31.9. The van der Waals surface area contributed by atoms with Crippen LogP contribution in [0.5, 0.6) is 0 Å². The summed E-state index contributed by atoms with van der Waals surface area (Å²) in [4.78, 5) is 65.0. The summed E-state index contributed by atoms with van der Waals surface area (Å²) in [7, 11) is 0. The Bertz CT molecular complexity index is 1510. The van der Waals surface area contributed by atoms with Crippen LogP contribution < -0.4 is 16.0 Å². The number of nitrogens with zero attached hydrogens (tertiary/aromatic N) is 1. The Kier molecular flexibility index (Phi) is 9.92. The summed E-state index contributed by atoms with van der Waals surface area (Å²) >= 11 is 0. The summed E-state index contributed by atoms with van der Waals surface area (Å²) < 4.78 is 5.54. The third kappa shape index (κ3) is 7.22. The third-order valence-corrected chi connectivity index (χ3v) is 8.43. The van der Waals surface area contributed by atoms with E-state index < -0.39 is 48.0 Å². The van der Waals surface area contributed by atoms with Crippen molar-refractivity contribution >= 4 is 30.1 Å². The molecule has 234 valence electrons. The van der Waals surface area contributed by atoms with E-state index in [1.807, 2.05) is 78.9 Å². The molecule has 0 radical (unpaired) electrons. The molecule has 45 heavy (non-hydrogen) atoms. The van der Waals surface area contributed by atoms with E-state index in [2.05, 4.69) is 16.0 Å². The van der Waals surface area contributed by atoms with Crippen LogP contribution in [0.1, 0.15) is 49.3 Å². The van der Waals surface area contributed by atoms with Crippen LogP contribution in [-0.4, -0.2) is 72.3 Å². The molecule has 4 amide bonds. The number of fused-ring (bicyclic) bond motifs is 3. The molecule has 0 saturated carbocycles. The lowest BCUT2D eigenvalue weighted by molar-refractivity contribution is -0.141. The molecule has 0 bridgehead atoms. The Hall–Kier alpha value is -4.99. The number of aldehydes is 1. The Morgan fingerprint density at radius 3 is 2.11 bits per heavy atom. The van der Waals surface area contributed by atoms with Gasteiger partial charge in [0.2, 0.25) is 17.7 Å². The normalized spacial score (nSPS) is 17.3. The molecule has 0 unspecified atom stereocenters. The fourth-order valence-electron chi connectivity index (χ4n) is 6.11. The fourth-order valence-corrected chi connectivity index (χ4v) is 6.11. The van der Waals surface area contributed by atoms with Gasteiger partial charge in [0.1, 0.15) is 31.0 Å². The number of carbonyl (C=O) groups excluding carboxylic acids is 5. The van der Waals surface area contributed by atoms with Crippen LogP contribution in [0.15, 0.2) is 78.9 Å². The second-order valence-electron chi connectivity index (χ2n) is 11.6. The fraction of sp³-hybridized carbons (Fsp3) is 0.343. The second-order valence-corrected chi connectivity index (χ2v) is 11.6. The number of benzene rings is 3. The number of carbonyl (C=O) groups is 5. The molecule has 1 aliphatic heterocycles. The molecular weight excluding hydrogens is 572 g/mol. The minimum absolute atomic E-state index is 0.109. The van der Waals surface area contributed by atoms with Crippen molar-refractivity contribution < 1.29 is 28.7 Å². The number of hydrogen-bond acceptors (Lipinski definition) is 6. The van der Waals surface area contributed by atoms with Gasteiger partial charge in [-0.05, 0) is 60.9 Å². The van der Waals surface area contributed by atoms with Gasteiger partial charge >= 0.3 is 6.09 Å². The molecule has 0 spiro atoms. The summed E-state index contributed by atoms with van der Waals surface area (Å²) in [5.74, 6) is -1.50. The maximum Gasteiger partial charge on any atom is 0.407 e. The lowest BCUT2D eigenvalue weighted by Crippen LogP contribution is -2.56. The van der Waals surface area contributed by atoms with Crippen molar-refractivity contribution in [3.63, 3.8) is 0 Å². The monoisotopic (exact) mass is 610 g/mol. The molecule has 3 aromatic carbocycles. The Labute approximate surface area is 262 Å². The molecule has 10 heteroatoms. The van der Waals surface area contributed by atoms with Gasteiger partial charge in [0.15, 0.2) is 0 Å². The summed E-state index contributed by atoms with van der Waals surface area (Å²) in [6, 6.07) is 22.0. The standard InChI is InChI=1S/C35H38N4O6/c1-22(37-35(44)45-21-30-28-15-8-6-13-26(28)27-14-7-9-16-29(27)30)32(41)36-23(2)34(43)39-18-10-17-31(39)33(42)38-25(20-40)19-24-11-4-3-5-12-24/h3-9,11-16,20,22-23,25,30-31H,10,17-19,21H2,1-2H3,(H,36,41)(H,37,44)(H,38,42)/t22-,23-,25-,31-/m0/s1. The Balaban J connectivity index is 1.10. The van der Waals surface area contributed by atoms with E-state index in [4.69, 9.17) is 4.74 Å². The van der Waals surface area contributed by atoms with Crippen LogP contribution in [0, 0.1) is 0 Å². The first-order valence-electron chi connectivity index (χ1n) is 15.3. The van der Waals surface area contributed by atoms with Gasteiger partial charge in [-0.2, -0.15) is 0 Å². The molecule has 10 nitrogen and oxygen atoms in total. The summed E-state index contributed by atoms with van der Waals surface area (Å²) in [6.45, 7) is 3.51. The highest BCUT2D eigenvalue weighted by Crippen LogP contribution is 2.44. The number of amides is 4. The molecule has 5 rings (SSSR count). The molecule has 3 N–H and O–H groups in total. The van der Waals surface area contributed by atoms with E-state index in [1.54, 1.807) is 0 Å². The van der Waals surface area contributed by atoms with Crippen molar-refractivity contribution in [3.8, 4) is 11.1 Å². The molecular formula is C35H38N4O6. The smallest absolute Gasteiger partial charge is 0.407 e. The first-order valence-corrected chi connectivity index (χ1v) is 15.3. The van der Waals surface area contributed by atoms with Crippen molar-refractivity contribution in [1.82, 2.24) is 20.9 Å². The average molecular weight is 611 g/mol. The highest BCUT2D eigenvalue weighted by atomic mass is 16.5. The van der Waals surface area contributed by atoms with Crippen LogP contribution in [0.2, 0.25) is 0 Å². The van der Waals surface area contributed by atoms with Crippen LogP contribution in [-0.2, 0) is 30.3 Å². The highest BCUT2D eigenvalue weighted by Gasteiger charge is 2.37. The summed E-state index contributed by atoms with van der Waals surface area (Å²) in [6.07, 6.45) is 1.37. The van der Waals surface area contributed by atoms with E-state index in [9.17, 15) is 24.0 Å². The minimum Gasteiger partial charge on any atom is -0.449 e. The van der Waals surface area contributed by atoms with Gasteiger partial charge in [0.05, 0.1) is 6.04 Å². The van der Waals surface area contributed by atoms with Gasteiger partial charge in [0, 0.05) is 12.5 Å². The van der Waals surface area contributed by atoms with Crippen LogP contribution in [0.4, 0.5) is 4.79 Å². The molecule has 1 heterocycles. The maximum absolute atomic E-state index is 13.3. The lowest BCUT2D eigenvalue weighted by atomic mass is 9.98. The molecule has 1 aliphatic carbocycles. The molecule has 1 saturated heterocycles. The van der Waals surface area contributed by atoms with Crippen molar-refractivity contribution in [3.05, 3.63) is 95.6 Å². The largest absolute Gasteiger partial charge is 0.449 e. The first-order chi connectivity index (χ1) is 21.8. The van der Waals surface area contributed by atoms with E-state index in [-0.39, 0.29) is 12.5 Å². The summed E-state index contributed by atoms with van der Waals surface area (Å²) in [5, 5.41) is 7.94. The van der Waals surface area contributed by atoms with Gasteiger partial charge in [-0.25, -0.2) is 4.79 Å². The number of nitrogens with one attached hydrogen (secondary N) is 3. The molecule has 0 aromatic heterocycles. The molecule has 3 aromatic rings. The molecule has 1 fully saturated rings. The van der Waals surface area contributed by atoms with Gasteiger partial charge in [-0.3, -0.25) is 14.4 Å². The molecule has 4 atom stereocenters. The van der Waals surface area contributed by atoms with Gasteiger partial charge in [0.25, 0.3) is 0 Å². The third-order valence-electron chi connectivity index (χ3n) is 8.43. The zero-order valence-corrected chi connectivity index (χ0v) is 25.4. The number of rotatable bonds is 11.